The van der Waals surface area contributed by atoms with Gasteiger partial charge in [0.15, 0.2) is 0 Å². The Hall–Kier alpha value is -1.37. The van der Waals surface area contributed by atoms with Gasteiger partial charge in [0.2, 0.25) is 0 Å². The van der Waals surface area contributed by atoms with Crippen molar-refractivity contribution in [2.75, 3.05) is 7.11 Å². The predicted molar refractivity (Wildman–Crippen MR) is 76.8 cm³/mol. The summed E-state index contributed by atoms with van der Waals surface area (Å²) < 4.78 is 19.2. The fourth-order valence-corrected chi connectivity index (χ4v) is 1.72. The van der Waals surface area contributed by atoms with Crippen LogP contribution in [0.1, 0.15) is 5.56 Å². The summed E-state index contributed by atoms with van der Waals surface area (Å²) in [5, 5.41) is 0. The van der Waals surface area contributed by atoms with Gasteiger partial charge in [0.25, 0.3) is 0 Å². The van der Waals surface area contributed by atoms with Crippen molar-refractivity contribution in [1.82, 2.24) is 0 Å². The number of nitrogens with zero attached hydrogens (tertiary/aromatic N) is 1. The van der Waals surface area contributed by atoms with Crippen LogP contribution < -0.4 is 10.5 Å². The highest BCUT2D eigenvalue weighted by Crippen LogP contribution is 2.20. The molecule has 1 rings (SSSR count). The first-order chi connectivity index (χ1) is 8.08. The highest BCUT2D eigenvalue weighted by atomic mass is 127. The predicted octanol–water partition coefficient (Wildman–Crippen LogP) is 3.11. The fourth-order valence-electron chi connectivity index (χ4n) is 1.19. The van der Waals surface area contributed by atoms with E-state index in [-0.39, 0.29) is 0 Å². The summed E-state index contributed by atoms with van der Waals surface area (Å²) >= 11 is 1.98. The van der Waals surface area contributed by atoms with Crippen LogP contribution in [0, 0.1) is 5.82 Å². The minimum atomic E-state index is -0.430. The van der Waals surface area contributed by atoms with Crippen LogP contribution in [-0.4, -0.2) is 10.8 Å². The average Bonchev–Trinajstić information content (AvgIpc) is 2.28. The van der Waals surface area contributed by atoms with E-state index >= 15 is 0 Å². The lowest BCUT2D eigenvalue weighted by atomic mass is 10.1. The van der Waals surface area contributed by atoms with Crippen molar-refractivity contribution >= 4 is 32.0 Å². The van der Waals surface area contributed by atoms with Gasteiger partial charge in [-0.3, -0.25) is 4.99 Å². The van der Waals surface area contributed by atoms with Gasteiger partial charge < -0.3 is 10.5 Å². The van der Waals surface area contributed by atoms with Crippen LogP contribution in [-0.2, 0) is 0 Å². The van der Waals surface area contributed by atoms with Crippen molar-refractivity contribution in [3.8, 4) is 5.75 Å². The number of allylic oxidation sites excluding steroid dienone is 1. The molecule has 0 amide bonds. The van der Waals surface area contributed by atoms with Crippen LogP contribution in [0.5, 0.6) is 5.75 Å². The third kappa shape index (κ3) is 3.85. The van der Waals surface area contributed by atoms with E-state index in [2.05, 4.69) is 11.6 Å². The number of nitrogens with two attached hydrogens (primary N) is 1. The molecule has 2 N–H and O–H groups in total. The Morgan fingerprint density at radius 2 is 2.29 bits per heavy atom. The highest BCUT2D eigenvalue weighted by molar-refractivity contribution is 14.1. The van der Waals surface area contributed by atoms with Crippen molar-refractivity contribution in [3.05, 3.63) is 48.4 Å². The molecule has 0 saturated carbocycles. The van der Waals surface area contributed by atoms with Crippen molar-refractivity contribution in [2.45, 2.75) is 0 Å². The largest absolute Gasteiger partial charge is 0.497 e. The van der Waals surface area contributed by atoms with Gasteiger partial charge >= 0.3 is 0 Å². The van der Waals surface area contributed by atoms with Gasteiger partial charge in [0.05, 0.1) is 7.11 Å². The van der Waals surface area contributed by atoms with Crippen LogP contribution in [0.3, 0.4) is 0 Å². The number of halogens is 2. The van der Waals surface area contributed by atoms with Crippen LogP contribution in [0.25, 0.3) is 5.70 Å². The molecule has 0 aromatic heterocycles. The lowest BCUT2D eigenvalue weighted by Crippen LogP contribution is -2.01. The third-order valence-corrected chi connectivity index (χ3v) is 2.57. The quantitative estimate of drug-likeness (QED) is 0.673. The Morgan fingerprint density at radius 1 is 1.59 bits per heavy atom. The molecule has 0 radical (unpaired) electrons. The molecule has 0 heterocycles. The van der Waals surface area contributed by atoms with Crippen molar-refractivity contribution in [3.63, 3.8) is 0 Å². The van der Waals surface area contributed by atoms with Crippen molar-refractivity contribution in [2.24, 2.45) is 10.7 Å². The van der Waals surface area contributed by atoms with Gasteiger partial charge in [0.1, 0.15) is 15.3 Å². The van der Waals surface area contributed by atoms with E-state index in [1.165, 1.54) is 19.4 Å². The number of methoxy groups -OCH3 is 1. The Balaban J connectivity index is 3.08. The Morgan fingerprint density at radius 3 is 2.82 bits per heavy atom. The van der Waals surface area contributed by atoms with Crippen LogP contribution in [0.2, 0.25) is 0 Å². The van der Waals surface area contributed by atoms with Gasteiger partial charge in [-0.25, -0.2) is 4.39 Å². The van der Waals surface area contributed by atoms with E-state index in [0.717, 1.165) is 0 Å². The number of rotatable bonds is 4. The second-order valence-electron chi connectivity index (χ2n) is 3.08. The molecule has 3 nitrogen and oxygen atoms in total. The maximum atomic E-state index is 13.7. The van der Waals surface area contributed by atoms with Crippen molar-refractivity contribution in [1.29, 1.82) is 0 Å². The van der Waals surface area contributed by atoms with Gasteiger partial charge in [-0.2, -0.15) is 0 Å². The van der Waals surface area contributed by atoms with E-state index in [9.17, 15) is 4.39 Å². The van der Waals surface area contributed by atoms with E-state index in [1.807, 2.05) is 22.6 Å². The first kappa shape index (κ1) is 13.7. The monoisotopic (exact) mass is 346 g/mol. The zero-order valence-electron chi connectivity index (χ0n) is 9.28. The Labute approximate surface area is 113 Å². The van der Waals surface area contributed by atoms with Crippen LogP contribution in [0.4, 0.5) is 4.39 Å². The third-order valence-electron chi connectivity index (χ3n) is 1.98. The molecule has 0 saturated heterocycles. The molecular formula is C12H12FIN2O. The molecule has 1 aromatic rings. The lowest BCUT2D eigenvalue weighted by molar-refractivity contribution is 0.411. The molecule has 0 unspecified atom stereocenters. The number of benzene rings is 1. The van der Waals surface area contributed by atoms with Crippen LogP contribution >= 0.6 is 22.6 Å². The number of aliphatic imine (C=N–C) groups is 1. The number of ether oxygens (including phenoxy) is 1. The maximum Gasteiger partial charge on any atom is 0.136 e. The molecule has 0 aliphatic heterocycles. The second kappa shape index (κ2) is 6.39. The highest BCUT2D eigenvalue weighted by Gasteiger charge is 2.06. The summed E-state index contributed by atoms with van der Waals surface area (Å²) in [5.41, 5.74) is 6.40. The first-order valence-electron chi connectivity index (χ1n) is 4.73. The molecule has 5 heteroatoms. The fraction of sp³-hybridized carbons (Fsp3) is 0.0833. The molecular weight excluding hydrogens is 334 g/mol. The molecule has 90 valence electrons. The van der Waals surface area contributed by atoms with E-state index in [1.54, 1.807) is 18.2 Å². The van der Waals surface area contributed by atoms with E-state index in [0.29, 0.717) is 20.7 Å². The van der Waals surface area contributed by atoms with Gasteiger partial charge in [-0.15, -0.1) is 0 Å². The minimum Gasteiger partial charge on any atom is -0.497 e. The molecule has 0 bridgehead atoms. The minimum absolute atomic E-state index is 0.306. The molecule has 0 aliphatic carbocycles. The number of hydrogen-bond acceptors (Lipinski definition) is 3. The van der Waals surface area contributed by atoms with Gasteiger partial charge in [0, 0.05) is 23.5 Å². The summed E-state index contributed by atoms with van der Waals surface area (Å²) in [6.45, 7) is 3.47. The Bertz CT molecular complexity index is 483. The maximum absolute atomic E-state index is 13.7. The molecule has 0 aliphatic rings. The van der Waals surface area contributed by atoms with E-state index in [4.69, 9.17) is 10.5 Å². The molecule has 0 spiro atoms. The SMILES string of the molecule is C=CN=C(I)/C=C(\N)c1ccc(OC)cc1F. The number of hydrogen-bond donors (Lipinski definition) is 1. The summed E-state index contributed by atoms with van der Waals surface area (Å²) in [5.74, 6) is 0.0226. The summed E-state index contributed by atoms with van der Waals surface area (Å²) in [6, 6.07) is 4.50. The van der Waals surface area contributed by atoms with Gasteiger partial charge in [-0.05, 0) is 40.8 Å². The molecule has 1 aromatic carbocycles. The Kier molecular flexibility index (Phi) is 5.14. The molecule has 17 heavy (non-hydrogen) atoms. The van der Waals surface area contributed by atoms with E-state index < -0.39 is 5.82 Å². The zero-order chi connectivity index (χ0) is 12.8. The standard InChI is InChI=1S/C12H12FIN2O/c1-3-16-12(14)7-11(15)9-5-4-8(17-2)6-10(9)13/h3-7H,1,15H2,2H3/b11-7-,16-12?. The normalized spacial score (nSPS) is 12.4. The average molecular weight is 346 g/mol. The lowest BCUT2D eigenvalue weighted by Gasteiger charge is -2.05. The topological polar surface area (TPSA) is 47.6 Å². The summed E-state index contributed by atoms with van der Waals surface area (Å²) in [7, 11) is 1.48. The smallest absolute Gasteiger partial charge is 0.136 e. The van der Waals surface area contributed by atoms with Crippen molar-refractivity contribution < 1.29 is 9.13 Å². The molecule has 0 atom stereocenters. The molecule has 0 fully saturated rings. The second-order valence-corrected chi connectivity index (χ2v) is 4.19. The summed E-state index contributed by atoms with van der Waals surface area (Å²) in [4.78, 5) is 3.92. The van der Waals surface area contributed by atoms with Gasteiger partial charge in [-0.1, -0.05) is 6.58 Å². The van der Waals surface area contributed by atoms with Crippen LogP contribution in [0.15, 0.2) is 42.0 Å². The zero-order valence-corrected chi connectivity index (χ0v) is 11.4. The summed E-state index contributed by atoms with van der Waals surface area (Å²) in [6.07, 6.45) is 2.98. The first-order valence-corrected chi connectivity index (χ1v) is 5.81.